The van der Waals surface area contributed by atoms with Crippen LogP contribution < -0.4 is 5.73 Å². The standard InChI is InChI=1S/C9H8INO2/c1-5-2-7(9(11)13)8(10)3-6(5)4-12/h2-4H,1H3,(H2,11,13). The van der Waals surface area contributed by atoms with Gasteiger partial charge >= 0.3 is 0 Å². The van der Waals surface area contributed by atoms with Crippen LogP contribution in [0.4, 0.5) is 0 Å². The number of amides is 1. The van der Waals surface area contributed by atoms with Crippen LogP contribution in [0.25, 0.3) is 0 Å². The Balaban J connectivity index is 3.36. The summed E-state index contributed by atoms with van der Waals surface area (Å²) in [6.45, 7) is 1.77. The number of carbonyl (C=O) groups excluding carboxylic acids is 2. The van der Waals surface area contributed by atoms with Crippen LogP contribution in [-0.4, -0.2) is 12.2 Å². The molecule has 0 heterocycles. The van der Waals surface area contributed by atoms with Gasteiger partial charge in [0, 0.05) is 9.13 Å². The highest BCUT2D eigenvalue weighted by Gasteiger charge is 2.08. The Hall–Kier alpha value is -0.910. The third kappa shape index (κ3) is 2.06. The molecule has 3 nitrogen and oxygen atoms in total. The predicted octanol–water partition coefficient (Wildman–Crippen LogP) is 1.51. The van der Waals surface area contributed by atoms with Gasteiger partial charge in [-0.2, -0.15) is 0 Å². The minimum Gasteiger partial charge on any atom is -0.366 e. The van der Waals surface area contributed by atoms with Crippen molar-refractivity contribution in [2.75, 3.05) is 0 Å². The zero-order chi connectivity index (χ0) is 10.0. The van der Waals surface area contributed by atoms with E-state index in [9.17, 15) is 9.59 Å². The van der Waals surface area contributed by atoms with E-state index in [4.69, 9.17) is 5.73 Å². The van der Waals surface area contributed by atoms with Crippen LogP contribution in [0.5, 0.6) is 0 Å². The van der Waals surface area contributed by atoms with Gasteiger partial charge in [0.1, 0.15) is 6.29 Å². The molecule has 0 saturated heterocycles. The topological polar surface area (TPSA) is 60.2 Å². The van der Waals surface area contributed by atoms with Gasteiger partial charge in [0.25, 0.3) is 0 Å². The van der Waals surface area contributed by atoms with Crippen molar-refractivity contribution in [2.45, 2.75) is 6.92 Å². The fourth-order valence-corrected chi connectivity index (χ4v) is 1.77. The van der Waals surface area contributed by atoms with Gasteiger partial charge in [-0.25, -0.2) is 0 Å². The first-order chi connectivity index (χ1) is 6.06. The summed E-state index contributed by atoms with van der Waals surface area (Å²) in [5.74, 6) is -0.468. The molecule has 0 aromatic heterocycles. The monoisotopic (exact) mass is 289 g/mol. The molecule has 4 heteroatoms. The van der Waals surface area contributed by atoms with E-state index in [-0.39, 0.29) is 0 Å². The molecule has 0 atom stereocenters. The Bertz CT molecular complexity index is 374. The maximum atomic E-state index is 10.9. The molecule has 0 aliphatic rings. The fourth-order valence-electron chi connectivity index (χ4n) is 1.01. The summed E-state index contributed by atoms with van der Waals surface area (Å²) >= 11 is 1.98. The lowest BCUT2D eigenvalue weighted by Crippen LogP contribution is -2.13. The number of benzene rings is 1. The lowest BCUT2D eigenvalue weighted by Gasteiger charge is -2.03. The zero-order valence-corrected chi connectivity index (χ0v) is 9.16. The Morgan fingerprint density at radius 2 is 2.15 bits per heavy atom. The Morgan fingerprint density at radius 1 is 1.54 bits per heavy atom. The van der Waals surface area contributed by atoms with E-state index in [0.29, 0.717) is 14.7 Å². The molecular weight excluding hydrogens is 281 g/mol. The number of hydrogen-bond donors (Lipinski definition) is 1. The summed E-state index contributed by atoms with van der Waals surface area (Å²) in [7, 11) is 0. The molecule has 0 bridgehead atoms. The number of carbonyl (C=O) groups is 2. The first kappa shape index (κ1) is 10.2. The lowest BCUT2D eigenvalue weighted by molar-refractivity contribution is 0.0998. The number of nitrogens with two attached hydrogens (primary N) is 1. The normalized spacial score (nSPS) is 9.69. The molecular formula is C9H8INO2. The van der Waals surface area contributed by atoms with Crippen molar-refractivity contribution in [1.82, 2.24) is 0 Å². The second-order valence-electron chi connectivity index (χ2n) is 2.67. The van der Waals surface area contributed by atoms with E-state index in [0.717, 1.165) is 11.8 Å². The average Bonchev–Trinajstić information content (AvgIpc) is 2.07. The van der Waals surface area contributed by atoms with Crippen LogP contribution in [0.2, 0.25) is 0 Å². The number of hydrogen-bond acceptors (Lipinski definition) is 2. The zero-order valence-electron chi connectivity index (χ0n) is 7.00. The lowest BCUT2D eigenvalue weighted by atomic mass is 10.1. The van der Waals surface area contributed by atoms with Gasteiger partial charge in [0.15, 0.2) is 0 Å². The molecule has 0 fully saturated rings. The molecule has 0 aliphatic carbocycles. The fraction of sp³-hybridized carbons (Fsp3) is 0.111. The molecule has 0 radical (unpaired) electrons. The molecule has 0 unspecified atom stereocenters. The van der Waals surface area contributed by atoms with E-state index in [1.54, 1.807) is 19.1 Å². The summed E-state index contributed by atoms with van der Waals surface area (Å²) in [6, 6.07) is 3.29. The second-order valence-corrected chi connectivity index (χ2v) is 3.83. The predicted molar refractivity (Wildman–Crippen MR) is 57.8 cm³/mol. The summed E-state index contributed by atoms with van der Waals surface area (Å²) in [4.78, 5) is 21.4. The Kier molecular flexibility index (Phi) is 3.02. The van der Waals surface area contributed by atoms with E-state index in [2.05, 4.69) is 0 Å². The van der Waals surface area contributed by atoms with Crippen molar-refractivity contribution >= 4 is 34.8 Å². The minimum absolute atomic E-state index is 0.462. The summed E-state index contributed by atoms with van der Waals surface area (Å²) < 4.78 is 0.706. The van der Waals surface area contributed by atoms with Crippen molar-refractivity contribution in [3.05, 3.63) is 32.4 Å². The maximum absolute atomic E-state index is 10.9. The Labute approximate surface area is 89.5 Å². The Morgan fingerprint density at radius 3 is 2.62 bits per heavy atom. The highest BCUT2D eigenvalue weighted by Crippen LogP contribution is 2.16. The number of rotatable bonds is 2. The third-order valence-electron chi connectivity index (χ3n) is 1.75. The largest absolute Gasteiger partial charge is 0.366 e. The van der Waals surface area contributed by atoms with Crippen molar-refractivity contribution in [3.8, 4) is 0 Å². The quantitative estimate of drug-likeness (QED) is 0.662. The average molecular weight is 289 g/mol. The molecule has 1 aromatic rings. The van der Waals surface area contributed by atoms with Crippen molar-refractivity contribution in [3.63, 3.8) is 0 Å². The molecule has 1 rings (SSSR count). The van der Waals surface area contributed by atoms with Gasteiger partial charge in [-0.3, -0.25) is 9.59 Å². The smallest absolute Gasteiger partial charge is 0.249 e. The SMILES string of the molecule is Cc1cc(C(N)=O)c(I)cc1C=O. The van der Waals surface area contributed by atoms with Crippen molar-refractivity contribution in [2.24, 2.45) is 5.73 Å². The van der Waals surface area contributed by atoms with Crippen LogP contribution in [0.1, 0.15) is 26.3 Å². The van der Waals surface area contributed by atoms with Crippen LogP contribution in [0.15, 0.2) is 12.1 Å². The molecule has 68 valence electrons. The van der Waals surface area contributed by atoms with E-state index < -0.39 is 5.91 Å². The van der Waals surface area contributed by atoms with Crippen molar-refractivity contribution in [1.29, 1.82) is 0 Å². The van der Waals surface area contributed by atoms with Gasteiger partial charge in [-0.1, -0.05) is 0 Å². The summed E-state index contributed by atoms with van der Waals surface area (Å²) in [6.07, 6.45) is 0.766. The van der Waals surface area contributed by atoms with Crippen LogP contribution in [0, 0.1) is 10.5 Å². The third-order valence-corrected chi connectivity index (χ3v) is 2.64. The van der Waals surface area contributed by atoms with Gasteiger partial charge in [-0.15, -0.1) is 0 Å². The molecule has 1 aromatic carbocycles. The van der Waals surface area contributed by atoms with Crippen LogP contribution in [-0.2, 0) is 0 Å². The maximum Gasteiger partial charge on any atom is 0.249 e. The van der Waals surface area contributed by atoms with Crippen LogP contribution in [0.3, 0.4) is 0 Å². The van der Waals surface area contributed by atoms with E-state index >= 15 is 0 Å². The molecule has 1 amide bonds. The molecule has 2 N–H and O–H groups in total. The van der Waals surface area contributed by atoms with E-state index in [1.807, 2.05) is 22.6 Å². The highest BCUT2D eigenvalue weighted by molar-refractivity contribution is 14.1. The highest BCUT2D eigenvalue weighted by atomic mass is 127. The van der Waals surface area contributed by atoms with Crippen molar-refractivity contribution < 1.29 is 9.59 Å². The van der Waals surface area contributed by atoms with E-state index in [1.165, 1.54) is 0 Å². The molecule has 13 heavy (non-hydrogen) atoms. The molecule has 0 spiro atoms. The molecule has 0 aliphatic heterocycles. The van der Waals surface area contributed by atoms with Gasteiger partial charge in [0.05, 0.1) is 5.56 Å². The summed E-state index contributed by atoms with van der Waals surface area (Å²) in [5.41, 5.74) is 6.96. The van der Waals surface area contributed by atoms with Crippen LogP contribution >= 0.6 is 22.6 Å². The number of primary amides is 1. The van der Waals surface area contributed by atoms with Gasteiger partial charge in [0.2, 0.25) is 5.91 Å². The molecule has 0 saturated carbocycles. The minimum atomic E-state index is -0.468. The van der Waals surface area contributed by atoms with Gasteiger partial charge < -0.3 is 5.73 Å². The number of aryl methyl sites for hydroxylation is 1. The number of aldehydes is 1. The first-order valence-electron chi connectivity index (χ1n) is 3.61. The summed E-state index contributed by atoms with van der Waals surface area (Å²) in [5, 5.41) is 0. The second kappa shape index (κ2) is 3.87. The number of halogens is 1. The first-order valence-corrected chi connectivity index (χ1v) is 4.69. The van der Waals surface area contributed by atoms with Gasteiger partial charge in [-0.05, 0) is 47.2 Å².